The zero-order chi connectivity index (χ0) is 12.8. The van der Waals surface area contributed by atoms with Gasteiger partial charge in [0.15, 0.2) is 0 Å². The lowest BCUT2D eigenvalue weighted by atomic mass is 10.1. The lowest BCUT2D eigenvalue weighted by molar-refractivity contribution is 0.0322. The van der Waals surface area contributed by atoms with E-state index in [9.17, 15) is 0 Å². The molecule has 0 unspecified atom stereocenters. The summed E-state index contributed by atoms with van der Waals surface area (Å²) in [5.74, 6) is 1.00. The maximum atomic E-state index is 5.85. The fourth-order valence-corrected chi connectivity index (χ4v) is 2.23. The first-order chi connectivity index (χ1) is 8.78. The Bertz CT molecular complexity index is 373. The number of hydrogen-bond donors (Lipinski definition) is 0. The number of morpholine rings is 1. The van der Waals surface area contributed by atoms with Crippen molar-refractivity contribution < 1.29 is 9.47 Å². The molecule has 1 fully saturated rings. The van der Waals surface area contributed by atoms with E-state index >= 15 is 0 Å². The highest BCUT2D eigenvalue weighted by molar-refractivity contribution is 5.33. The molecule has 3 nitrogen and oxygen atoms in total. The van der Waals surface area contributed by atoms with Crippen LogP contribution in [0.3, 0.4) is 0 Å². The molecule has 1 heterocycles. The summed E-state index contributed by atoms with van der Waals surface area (Å²) in [6, 6.07) is 6.47. The molecule has 0 radical (unpaired) electrons. The van der Waals surface area contributed by atoms with E-state index in [1.165, 1.54) is 11.1 Å². The third-order valence-corrected chi connectivity index (χ3v) is 3.30. The van der Waals surface area contributed by atoms with Crippen molar-refractivity contribution in [2.24, 2.45) is 0 Å². The minimum atomic E-state index is 0.757. The highest BCUT2D eigenvalue weighted by Crippen LogP contribution is 2.17. The normalized spacial score (nSPS) is 16.8. The Balaban J connectivity index is 1.80. The summed E-state index contributed by atoms with van der Waals surface area (Å²) in [4.78, 5) is 2.39. The molecule has 0 spiro atoms. The molecule has 1 saturated heterocycles. The number of rotatable bonds is 5. The van der Waals surface area contributed by atoms with E-state index in [1.54, 1.807) is 0 Å². The predicted octanol–water partition coefficient (Wildman–Crippen LogP) is 2.27. The zero-order valence-corrected chi connectivity index (χ0v) is 11.4. The van der Waals surface area contributed by atoms with Gasteiger partial charge in [0.2, 0.25) is 0 Å². The molecule has 0 amide bonds. The summed E-state index contributed by atoms with van der Waals surface area (Å²) in [5, 5.41) is 0. The molecule has 1 aromatic carbocycles. The Hall–Kier alpha value is -1.06. The summed E-state index contributed by atoms with van der Waals surface area (Å²) in [5.41, 5.74) is 2.62. The van der Waals surface area contributed by atoms with E-state index in [1.807, 2.05) is 0 Å². The molecule has 1 aliphatic rings. The Labute approximate surface area is 110 Å². The van der Waals surface area contributed by atoms with Gasteiger partial charge in [0, 0.05) is 19.6 Å². The van der Waals surface area contributed by atoms with Crippen molar-refractivity contribution in [1.29, 1.82) is 0 Å². The van der Waals surface area contributed by atoms with Gasteiger partial charge in [0.1, 0.15) is 12.4 Å². The molecule has 0 atom stereocenters. The van der Waals surface area contributed by atoms with Crippen LogP contribution in [-0.2, 0) is 11.2 Å². The fraction of sp³-hybridized carbons (Fsp3) is 0.600. The first-order valence-electron chi connectivity index (χ1n) is 6.81. The van der Waals surface area contributed by atoms with Crippen LogP contribution in [0.4, 0.5) is 0 Å². The molecule has 0 aliphatic carbocycles. The molecular formula is C15H23NO2. The van der Waals surface area contributed by atoms with E-state index in [-0.39, 0.29) is 0 Å². The third kappa shape index (κ3) is 4.00. The van der Waals surface area contributed by atoms with Crippen LogP contribution in [0.25, 0.3) is 0 Å². The summed E-state index contributed by atoms with van der Waals surface area (Å²) >= 11 is 0. The quantitative estimate of drug-likeness (QED) is 0.799. The second-order valence-electron chi connectivity index (χ2n) is 4.81. The molecule has 3 heteroatoms. The van der Waals surface area contributed by atoms with Gasteiger partial charge in [-0.1, -0.05) is 13.0 Å². The Morgan fingerprint density at radius 1 is 1.22 bits per heavy atom. The van der Waals surface area contributed by atoms with E-state index in [0.29, 0.717) is 0 Å². The molecule has 0 bridgehead atoms. The Kier molecular flexibility index (Phi) is 5.02. The van der Waals surface area contributed by atoms with Crippen LogP contribution in [-0.4, -0.2) is 44.4 Å². The summed E-state index contributed by atoms with van der Waals surface area (Å²) < 4.78 is 11.2. The average Bonchev–Trinajstić information content (AvgIpc) is 2.39. The molecule has 18 heavy (non-hydrogen) atoms. The Morgan fingerprint density at radius 2 is 2.00 bits per heavy atom. The van der Waals surface area contributed by atoms with E-state index in [0.717, 1.165) is 51.6 Å². The van der Waals surface area contributed by atoms with Crippen molar-refractivity contribution in [3.8, 4) is 5.75 Å². The van der Waals surface area contributed by atoms with Crippen LogP contribution in [0.2, 0.25) is 0 Å². The minimum absolute atomic E-state index is 0.757. The average molecular weight is 249 g/mol. The standard InChI is InChI=1S/C15H23NO2/c1-3-14-10-13(2)11-15(12-14)18-9-6-16-4-7-17-8-5-16/h10-12H,3-9H2,1-2H3. The first-order valence-corrected chi connectivity index (χ1v) is 6.81. The molecule has 1 aliphatic heterocycles. The van der Waals surface area contributed by atoms with Gasteiger partial charge in [0.05, 0.1) is 13.2 Å². The van der Waals surface area contributed by atoms with Gasteiger partial charge in [-0.25, -0.2) is 0 Å². The number of ether oxygens (including phenoxy) is 2. The number of hydrogen-bond acceptors (Lipinski definition) is 3. The van der Waals surface area contributed by atoms with Crippen molar-refractivity contribution in [1.82, 2.24) is 4.90 Å². The van der Waals surface area contributed by atoms with Gasteiger partial charge in [-0.3, -0.25) is 4.90 Å². The molecular weight excluding hydrogens is 226 g/mol. The van der Waals surface area contributed by atoms with E-state index < -0.39 is 0 Å². The molecule has 2 rings (SSSR count). The number of benzene rings is 1. The van der Waals surface area contributed by atoms with Crippen molar-refractivity contribution in [3.63, 3.8) is 0 Å². The molecule has 0 aromatic heterocycles. The van der Waals surface area contributed by atoms with Crippen LogP contribution in [0, 0.1) is 6.92 Å². The molecule has 100 valence electrons. The number of nitrogens with zero attached hydrogens (tertiary/aromatic N) is 1. The topological polar surface area (TPSA) is 21.7 Å². The SMILES string of the molecule is CCc1cc(C)cc(OCCN2CCOCC2)c1. The first kappa shape index (κ1) is 13.4. The Morgan fingerprint density at radius 3 is 2.72 bits per heavy atom. The van der Waals surface area contributed by atoms with Crippen molar-refractivity contribution >= 4 is 0 Å². The van der Waals surface area contributed by atoms with E-state index in [4.69, 9.17) is 9.47 Å². The smallest absolute Gasteiger partial charge is 0.119 e. The molecule has 0 N–H and O–H groups in total. The van der Waals surface area contributed by atoms with Crippen LogP contribution in [0.15, 0.2) is 18.2 Å². The second kappa shape index (κ2) is 6.76. The van der Waals surface area contributed by atoms with Gasteiger partial charge >= 0.3 is 0 Å². The van der Waals surface area contributed by atoms with Crippen LogP contribution >= 0.6 is 0 Å². The summed E-state index contributed by atoms with van der Waals surface area (Å²) in [6.07, 6.45) is 1.06. The third-order valence-electron chi connectivity index (χ3n) is 3.30. The highest BCUT2D eigenvalue weighted by atomic mass is 16.5. The van der Waals surface area contributed by atoms with Crippen molar-refractivity contribution in [2.75, 3.05) is 39.5 Å². The molecule has 0 saturated carbocycles. The van der Waals surface area contributed by atoms with E-state index in [2.05, 4.69) is 36.9 Å². The van der Waals surface area contributed by atoms with Crippen molar-refractivity contribution in [2.45, 2.75) is 20.3 Å². The minimum Gasteiger partial charge on any atom is -0.492 e. The maximum absolute atomic E-state index is 5.85. The van der Waals surface area contributed by atoms with Crippen LogP contribution in [0.5, 0.6) is 5.75 Å². The van der Waals surface area contributed by atoms with Crippen LogP contribution < -0.4 is 4.74 Å². The van der Waals surface area contributed by atoms with Gasteiger partial charge in [-0.15, -0.1) is 0 Å². The number of aryl methyl sites for hydroxylation is 2. The second-order valence-corrected chi connectivity index (χ2v) is 4.81. The lowest BCUT2D eigenvalue weighted by Gasteiger charge is -2.26. The predicted molar refractivity (Wildman–Crippen MR) is 73.3 cm³/mol. The van der Waals surface area contributed by atoms with Gasteiger partial charge in [0.25, 0.3) is 0 Å². The highest BCUT2D eigenvalue weighted by Gasteiger charge is 2.09. The van der Waals surface area contributed by atoms with Gasteiger partial charge in [-0.05, 0) is 36.6 Å². The maximum Gasteiger partial charge on any atom is 0.119 e. The monoisotopic (exact) mass is 249 g/mol. The largest absolute Gasteiger partial charge is 0.492 e. The van der Waals surface area contributed by atoms with Gasteiger partial charge in [-0.2, -0.15) is 0 Å². The van der Waals surface area contributed by atoms with Gasteiger partial charge < -0.3 is 9.47 Å². The lowest BCUT2D eigenvalue weighted by Crippen LogP contribution is -2.38. The molecule has 1 aromatic rings. The fourth-order valence-electron chi connectivity index (χ4n) is 2.23. The van der Waals surface area contributed by atoms with Crippen LogP contribution in [0.1, 0.15) is 18.1 Å². The summed E-state index contributed by atoms with van der Waals surface area (Å²) in [6.45, 7) is 9.79. The summed E-state index contributed by atoms with van der Waals surface area (Å²) in [7, 11) is 0. The zero-order valence-electron chi connectivity index (χ0n) is 11.4. The van der Waals surface area contributed by atoms with Crippen molar-refractivity contribution in [3.05, 3.63) is 29.3 Å².